The van der Waals surface area contributed by atoms with Crippen molar-refractivity contribution < 1.29 is 13.3 Å². The molecule has 1 aromatic carbocycles. The minimum atomic E-state index is -0.478. The van der Waals surface area contributed by atoms with Crippen LogP contribution in [0.5, 0.6) is 0 Å². The quantitative estimate of drug-likeness (QED) is 0.702. The number of furan rings is 1. The Morgan fingerprint density at radius 1 is 1.17 bits per heavy atom. The Bertz CT molecular complexity index is 676. The summed E-state index contributed by atoms with van der Waals surface area (Å²) in [6, 6.07) is 5.94. The minimum Gasteiger partial charge on any atom is -0.472 e. The highest BCUT2D eigenvalue weighted by Gasteiger charge is 2.12. The SMILES string of the molecule is Nc1cc(-c2nc(-c3ccoc3)no2)ccc1F. The van der Waals surface area contributed by atoms with Crippen molar-refractivity contribution in [1.82, 2.24) is 10.1 Å². The van der Waals surface area contributed by atoms with Gasteiger partial charge in [-0.2, -0.15) is 4.98 Å². The number of benzene rings is 1. The fourth-order valence-electron chi connectivity index (χ4n) is 1.53. The maximum absolute atomic E-state index is 13.0. The fourth-order valence-corrected chi connectivity index (χ4v) is 1.53. The van der Waals surface area contributed by atoms with E-state index in [0.29, 0.717) is 17.0 Å². The number of hydrogen-bond acceptors (Lipinski definition) is 5. The molecule has 0 aliphatic rings. The van der Waals surface area contributed by atoms with Crippen LogP contribution in [0.1, 0.15) is 0 Å². The first-order valence-corrected chi connectivity index (χ1v) is 5.16. The van der Waals surface area contributed by atoms with E-state index in [-0.39, 0.29) is 11.6 Å². The Balaban J connectivity index is 2.00. The molecule has 2 aromatic heterocycles. The van der Waals surface area contributed by atoms with Crippen molar-refractivity contribution in [2.75, 3.05) is 5.73 Å². The number of nitrogen functional groups attached to an aromatic ring is 1. The van der Waals surface area contributed by atoms with Crippen LogP contribution in [0.3, 0.4) is 0 Å². The fraction of sp³-hybridized carbons (Fsp3) is 0. The van der Waals surface area contributed by atoms with Crippen molar-refractivity contribution in [3.63, 3.8) is 0 Å². The summed E-state index contributed by atoms with van der Waals surface area (Å²) in [5.41, 5.74) is 6.79. The van der Waals surface area contributed by atoms with Crippen molar-refractivity contribution in [2.45, 2.75) is 0 Å². The van der Waals surface area contributed by atoms with Gasteiger partial charge in [-0.15, -0.1) is 0 Å². The first-order chi connectivity index (χ1) is 8.74. The molecule has 0 aliphatic heterocycles. The summed E-state index contributed by atoms with van der Waals surface area (Å²) in [7, 11) is 0. The molecule has 0 unspecified atom stereocenters. The van der Waals surface area contributed by atoms with E-state index in [0.717, 1.165) is 0 Å². The van der Waals surface area contributed by atoms with Crippen LogP contribution in [0.25, 0.3) is 22.8 Å². The second-order valence-corrected chi connectivity index (χ2v) is 3.67. The predicted molar refractivity (Wildman–Crippen MR) is 61.8 cm³/mol. The molecule has 0 radical (unpaired) electrons. The minimum absolute atomic E-state index is 0.0376. The second-order valence-electron chi connectivity index (χ2n) is 3.67. The summed E-state index contributed by atoms with van der Waals surface area (Å²) in [5.74, 6) is 0.202. The molecule has 0 saturated heterocycles. The average Bonchev–Trinajstić information content (AvgIpc) is 3.01. The summed E-state index contributed by atoms with van der Waals surface area (Å²) in [5, 5.41) is 3.81. The van der Waals surface area contributed by atoms with Crippen molar-refractivity contribution in [1.29, 1.82) is 0 Å². The molecule has 0 saturated carbocycles. The number of hydrogen-bond donors (Lipinski definition) is 1. The molecule has 0 aliphatic carbocycles. The van der Waals surface area contributed by atoms with E-state index < -0.39 is 5.82 Å². The van der Waals surface area contributed by atoms with Gasteiger partial charge in [-0.25, -0.2) is 4.39 Å². The third-order valence-electron chi connectivity index (χ3n) is 2.45. The molecule has 0 fully saturated rings. The number of nitrogens with zero attached hydrogens (tertiary/aromatic N) is 2. The van der Waals surface area contributed by atoms with Gasteiger partial charge < -0.3 is 14.7 Å². The highest BCUT2D eigenvalue weighted by atomic mass is 19.1. The van der Waals surface area contributed by atoms with Gasteiger partial charge in [0.1, 0.15) is 12.1 Å². The van der Waals surface area contributed by atoms with Crippen molar-refractivity contribution in [3.05, 3.63) is 42.6 Å². The van der Waals surface area contributed by atoms with Gasteiger partial charge in [0.2, 0.25) is 5.82 Å². The van der Waals surface area contributed by atoms with Crippen LogP contribution in [0, 0.1) is 5.82 Å². The zero-order chi connectivity index (χ0) is 12.5. The first-order valence-electron chi connectivity index (χ1n) is 5.16. The highest BCUT2D eigenvalue weighted by molar-refractivity contribution is 5.62. The first kappa shape index (κ1) is 10.5. The van der Waals surface area contributed by atoms with E-state index in [9.17, 15) is 4.39 Å². The lowest BCUT2D eigenvalue weighted by Gasteiger charge is -1.97. The Morgan fingerprint density at radius 3 is 2.78 bits per heavy atom. The molecule has 2 heterocycles. The standard InChI is InChI=1S/C12H8FN3O2/c13-9-2-1-7(5-10(9)14)12-15-11(16-18-12)8-3-4-17-6-8/h1-6H,14H2. The monoisotopic (exact) mass is 245 g/mol. The molecule has 0 atom stereocenters. The second kappa shape index (κ2) is 3.99. The Hall–Kier alpha value is -2.63. The molecule has 2 N–H and O–H groups in total. The maximum Gasteiger partial charge on any atom is 0.258 e. The van der Waals surface area contributed by atoms with Gasteiger partial charge >= 0.3 is 0 Å². The zero-order valence-electron chi connectivity index (χ0n) is 9.13. The lowest BCUT2D eigenvalue weighted by molar-refractivity contribution is 0.432. The van der Waals surface area contributed by atoms with Crippen LogP contribution in [0.2, 0.25) is 0 Å². The summed E-state index contributed by atoms with van der Waals surface area (Å²) < 4.78 is 23.1. The average molecular weight is 245 g/mol. The van der Waals surface area contributed by atoms with Gasteiger partial charge in [-0.05, 0) is 24.3 Å². The third-order valence-corrected chi connectivity index (χ3v) is 2.45. The van der Waals surface area contributed by atoms with Crippen LogP contribution in [0.4, 0.5) is 10.1 Å². The van der Waals surface area contributed by atoms with Crippen LogP contribution in [-0.4, -0.2) is 10.1 Å². The van der Waals surface area contributed by atoms with Crippen molar-refractivity contribution in [2.24, 2.45) is 0 Å². The van der Waals surface area contributed by atoms with Gasteiger partial charge in [0.15, 0.2) is 0 Å². The summed E-state index contributed by atoms with van der Waals surface area (Å²) in [4.78, 5) is 4.18. The Kier molecular flexibility index (Phi) is 2.33. The summed E-state index contributed by atoms with van der Waals surface area (Å²) in [6.45, 7) is 0. The van der Waals surface area contributed by atoms with E-state index in [1.165, 1.54) is 30.7 Å². The van der Waals surface area contributed by atoms with Crippen LogP contribution < -0.4 is 5.73 Å². The topological polar surface area (TPSA) is 78.1 Å². The molecular weight excluding hydrogens is 237 g/mol. The number of nitrogens with two attached hydrogens (primary N) is 1. The largest absolute Gasteiger partial charge is 0.472 e. The van der Waals surface area contributed by atoms with E-state index in [2.05, 4.69) is 10.1 Å². The van der Waals surface area contributed by atoms with Gasteiger partial charge in [0.25, 0.3) is 5.89 Å². The predicted octanol–water partition coefficient (Wildman–Crippen LogP) is 2.72. The summed E-state index contributed by atoms with van der Waals surface area (Å²) in [6.07, 6.45) is 3.02. The molecule has 3 aromatic rings. The third kappa shape index (κ3) is 1.73. The molecule has 5 nitrogen and oxygen atoms in total. The number of anilines is 1. The lowest BCUT2D eigenvalue weighted by atomic mass is 10.2. The molecule has 18 heavy (non-hydrogen) atoms. The van der Waals surface area contributed by atoms with Gasteiger partial charge in [0, 0.05) is 5.56 Å². The van der Waals surface area contributed by atoms with Crippen LogP contribution in [-0.2, 0) is 0 Å². The van der Waals surface area contributed by atoms with E-state index >= 15 is 0 Å². The molecule has 3 rings (SSSR count). The van der Waals surface area contributed by atoms with Crippen molar-refractivity contribution >= 4 is 5.69 Å². The van der Waals surface area contributed by atoms with E-state index in [1.807, 2.05) is 0 Å². The number of halogens is 1. The zero-order valence-corrected chi connectivity index (χ0v) is 9.13. The Morgan fingerprint density at radius 2 is 2.06 bits per heavy atom. The van der Waals surface area contributed by atoms with Gasteiger partial charge in [-0.1, -0.05) is 5.16 Å². The van der Waals surface area contributed by atoms with Crippen LogP contribution >= 0.6 is 0 Å². The highest BCUT2D eigenvalue weighted by Crippen LogP contribution is 2.24. The van der Waals surface area contributed by atoms with E-state index in [1.54, 1.807) is 6.07 Å². The normalized spacial score (nSPS) is 10.7. The lowest BCUT2D eigenvalue weighted by Crippen LogP contribution is -1.90. The molecule has 90 valence electrons. The van der Waals surface area contributed by atoms with Gasteiger partial charge in [0.05, 0.1) is 17.5 Å². The van der Waals surface area contributed by atoms with Crippen molar-refractivity contribution in [3.8, 4) is 22.8 Å². The maximum atomic E-state index is 13.0. The molecule has 0 spiro atoms. The number of aromatic nitrogens is 2. The molecule has 0 bridgehead atoms. The smallest absolute Gasteiger partial charge is 0.258 e. The molecular formula is C12H8FN3O2. The van der Waals surface area contributed by atoms with Gasteiger partial charge in [-0.3, -0.25) is 0 Å². The molecule has 6 heteroatoms. The number of rotatable bonds is 2. The van der Waals surface area contributed by atoms with E-state index in [4.69, 9.17) is 14.7 Å². The van der Waals surface area contributed by atoms with Crippen LogP contribution in [0.15, 0.2) is 45.7 Å². The molecule has 0 amide bonds. The Labute approximate surface area is 101 Å². The summed E-state index contributed by atoms with van der Waals surface area (Å²) >= 11 is 0.